The van der Waals surface area contributed by atoms with Gasteiger partial charge in [-0.25, -0.2) is 0 Å². The molecule has 2 unspecified atom stereocenters. The average Bonchev–Trinajstić information content (AvgIpc) is 2.80. The third-order valence-corrected chi connectivity index (χ3v) is 4.12. The first-order valence-electron chi connectivity index (χ1n) is 6.97. The number of halogens is 1. The van der Waals surface area contributed by atoms with Crippen LogP contribution in [0.15, 0.2) is 0 Å². The second kappa shape index (κ2) is 7.31. The number of hydrogen-bond donors (Lipinski definition) is 2. The highest BCUT2D eigenvalue weighted by Crippen LogP contribution is 2.18. The Labute approximate surface area is 116 Å². The lowest BCUT2D eigenvalue weighted by Gasteiger charge is -2.35. The Morgan fingerprint density at radius 2 is 1.94 bits per heavy atom. The second-order valence-corrected chi connectivity index (χ2v) is 5.56. The van der Waals surface area contributed by atoms with Gasteiger partial charge in [-0.15, -0.1) is 12.4 Å². The number of nitrogens with one attached hydrogen (secondary N) is 1. The molecule has 1 amide bonds. The molecule has 1 saturated heterocycles. The van der Waals surface area contributed by atoms with Crippen LogP contribution >= 0.6 is 12.4 Å². The fourth-order valence-corrected chi connectivity index (χ4v) is 2.95. The predicted octanol–water partition coefficient (Wildman–Crippen LogP) is 1.28. The van der Waals surface area contributed by atoms with Crippen molar-refractivity contribution in [1.29, 1.82) is 0 Å². The lowest BCUT2D eigenvalue weighted by molar-refractivity contribution is -0.127. The van der Waals surface area contributed by atoms with E-state index in [0.29, 0.717) is 6.04 Å². The molecule has 3 N–H and O–H groups in total. The van der Waals surface area contributed by atoms with Gasteiger partial charge < -0.3 is 11.1 Å². The third-order valence-electron chi connectivity index (χ3n) is 4.12. The topological polar surface area (TPSA) is 58.4 Å². The van der Waals surface area contributed by atoms with Gasteiger partial charge in [-0.3, -0.25) is 9.69 Å². The average molecular weight is 276 g/mol. The van der Waals surface area contributed by atoms with Gasteiger partial charge in [-0.2, -0.15) is 0 Å². The summed E-state index contributed by atoms with van der Waals surface area (Å²) in [7, 11) is 0. The van der Waals surface area contributed by atoms with E-state index < -0.39 is 0 Å². The summed E-state index contributed by atoms with van der Waals surface area (Å²) in [5, 5.41) is 3.17. The van der Waals surface area contributed by atoms with Crippen molar-refractivity contribution >= 4 is 18.3 Å². The van der Waals surface area contributed by atoms with Crippen molar-refractivity contribution in [2.45, 2.75) is 63.6 Å². The zero-order valence-electron chi connectivity index (χ0n) is 11.2. The Hall–Kier alpha value is -0.320. The summed E-state index contributed by atoms with van der Waals surface area (Å²) in [5.41, 5.74) is 5.95. The molecule has 18 heavy (non-hydrogen) atoms. The van der Waals surface area contributed by atoms with Crippen molar-refractivity contribution in [3.8, 4) is 0 Å². The van der Waals surface area contributed by atoms with Gasteiger partial charge in [-0.1, -0.05) is 12.8 Å². The first-order chi connectivity index (χ1) is 8.16. The number of amides is 1. The van der Waals surface area contributed by atoms with Gasteiger partial charge in [0.05, 0.1) is 6.04 Å². The van der Waals surface area contributed by atoms with E-state index in [-0.39, 0.29) is 30.4 Å². The molecule has 106 valence electrons. The summed E-state index contributed by atoms with van der Waals surface area (Å²) in [4.78, 5) is 14.3. The number of carbonyl (C=O) groups excluding carboxylic acids is 1. The molecule has 2 fully saturated rings. The minimum absolute atomic E-state index is 0. The highest BCUT2D eigenvalue weighted by atomic mass is 35.5. The molecule has 2 atom stereocenters. The van der Waals surface area contributed by atoms with Crippen LogP contribution in [-0.2, 0) is 4.79 Å². The van der Waals surface area contributed by atoms with Crippen LogP contribution < -0.4 is 11.1 Å². The Kier molecular flexibility index (Phi) is 6.39. The number of piperidine rings is 1. The summed E-state index contributed by atoms with van der Waals surface area (Å²) in [6, 6.07) is 0.635. The summed E-state index contributed by atoms with van der Waals surface area (Å²) >= 11 is 0. The van der Waals surface area contributed by atoms with Crippen LogP contribution in [0.1, 0.15) is 45.4 Å². The molecule has 1 aliphatic heterocycles. The minimum atomic E-state index is -0.0260. The zero-order valence-corrected chi connectivity index (χ0v) is 12.0. The van der Waals surface area contributed by atoms with Gasteiger partial charge in [0.25, 0.3) is 0 Å². The quantitative estimate of drug-likeness (QED) is 0.816. The van der Waals surface area contributed by atoms with Crippen molar-refractivity contribution in [2.24, 2.45) is 5.73 Å². The van der Waals surface area contributed by atoms with Crippen molar-refractivity contribution in [2.75, 3.05) is 13.1 Å². The van der Waals surface area contributed by atoms with E-state index in [0.717, 1.165) is 38.8 Å². The van der Waals surface area contributed by atoms with Crippen molar-refractivity contribution in [3.05, 3.63) is 0 Å². The number of nitrogens with zero attached hydrogens (tertiary/aromatic N) is 1. The highest BCUT2D eigenvalue weighted by Gasteiger charge is 2.27. The third kappa shape index (κ3) is 4.11. The molecule has 0 bridgehead atoms. The van der Waals surface area contributed by atoms with Crippen LogP contribution in [0.4, 0.5) is 0 Å². The normalized spacial score (nSPS) is 27.6. The SMILES string of the molecule is CC(C(=O)NC1CCCC1)N1CCCC(N)C1.Cl. The molecule has 1 saturated carbocycles. The fraction of sp³-hybridized carbons (Fsp3) is 0.923. The van der Waals surface area contributed by atoms with E-state index in [1.54, 1.807) is 0 Å². The van der Waals surface area contributed by atoms with Crippen LogP contribution in [0.3, 0.4) is 0 Å². The zero-order chi connectivity index (χ0) is 12.3. The second-order valence-electron chi connectivity index (χ2n) is 5.56. The smallest absolute Gasteiger partial charge is 0.237 e. The van der Waals surface area contributed by atoms with E-state index in [4.69, 9.17) is 5.73 Å². The predicted molar refractivity (Wildman–Crippen MR) is 75.9 cm³/mol. The number of carbonyl (C=O) groups is 1. The Balaban J connectivity index is 0.00000162. The summed E-state index contributed by atoms with van der Waals surface area (Å²) in [6.07, 6.45) is 7.02. The van der Waals surface area contributed by atoms with E-state index in [2.05, 4.69) is 10.2 Å². The number of likely N-dealkylation sites (tertiary alicyclic amines) is 1. The Bertz CT molecular complexity index is 269. The molecule has 1 heterocycles. The van der Waals surface area contributed by atoms with E-state index in [9.17, 15) is 4.79 Å². The van der Waals surface area contributed by atoms with Gasteiger partial charge in [0, 0.05) is 18.6 Å². The fourth-order valence-electron chi connectivity index (χ4n) is 2.95. The number of hydrogen-bond acceptors (Lipinski definition) is 3. The number of nitrogens with two attached hydrogens (primary N) is 1. The van der Waals surface area contributed by atoms with Crippen LogP contribution in [0.2, 0.25) is 0 Å². The van der Waals surface area contributed by atoms with Crippen molar-refractivity contribution < 1.29 is 4.79 Å². The van der Waals surface area contributed by atoms with Crippen molar-refractivity contribution in [3.63, 3.8) is 0 Å². The number of rotatable bonds is 3. The minimum Gasteiger partial charge on any atom is -0.352 e. The molecule has 0 radical (unpaired) electrons. The lowest BCUT2D eigenvalue weighted by Crippen LogP contribution is -2.53. The molecular formula is C13H26ClN3O. The molecule has 1 aliphatic carbocycles. The highest BCUT2D eigenvalue weighted by molar-refractivity contribution is 5.85. The van der Waals surface area contributed by atoms with E-state index >= 15 is 0 Å². The maximum atomic E-state index is 12.1. The summed E-state index contributed by atoms with van der Waals surface area (Å²) < 4.78 is 0. The van der Waals surface area contributed by atoms with Crippen LogP contribution in [-0.4, -0.2) is 42.0 Å². The van der Waals surface area contributed by atoms with E-state index in [1.807, 2.05) is 6.92 Å². The molecule has 0 aromatic rings. The Morgan fingerprint density at radius 1 is 1.28 bits per heavy atom. The van der Waals surface area contributed by atoms with Crippen LogP contribution in [0.25, 0.3) is 0 Å². The van der Waals surface area contributed by atoms with E-state index in [1.165, 1.54) is 12.8 Å². The molecular weight excluding hydrogens is 250 g/mol. The molecule has 5 heteroatoms. The van der Waals surface area contributed by atoms with Gasteiger partial charge in [-0.05, 0) is 39.2 Å². The molecule has 4 nitrogen and oxygen atoms in total. The molecule has 2 aliphatic rings. The summed E-state index contributed by atoms with van der Waals surface area (Å²) in [6.45, 7) is 3.87. The lowest BCUT2D eigenvalue weighted by atomic mass is 10.0. The molecule has 0 spiro atoms. The summed E-state index contributed by atoms with van der Waals surface area (Å²) in [5.74, 6) is 0.186. The van der Waals surface area contributed by atoms with Crippen LogP contribution in [0.5, 0.6) is 0 Å². The van der Waals surface area contributed by atoms with Gasteiger partial charge in [0.15, 0.2) is 0 Å². The first kappa shape index (κ1) is 15.7. The monoisotopic (exact) mass is 275 g/mol. The molecule has 2 rings (SSSR count). The molecule has 0 aromatic heterocycles. The van der Waals surface area contributed by atoms with Crippen molar-refractivity contribution in [1.82, 2.24) is 10.2 Å². The first-order valence-corrected chi connectivity index (χ1v) is 6.97. The van der Waals surface area contributed by atoms with Gasteiger partial charge in [0.1, 0.15) is 0 Å². The Morgan fingerprint density at radius 3 is 2.56 bits per heavy atom. The molecule has 0 aromatic carbocycles. The largest absolute Gasteiger partial charge is 0.352 e. The standard InChI is InChI=1S/C13H25N3O.ClH/c1-10(16-8-4-5-11(14)9-16)13(17)15-12-6-2-3-7-12;/h10-12H,2-9,14H2,1H3,(H,15,17);1H. The van der Waals surface area contributed by atoms with Crippen LogP contribution in [0, 0.1) is 0 Å². The maximum absolute atomic E-state index is 12.1. The maximum Gasteiger partial charge on any atom is 0.237 e. The van der Waals surface area contributed by atoms with Gasteiger partial charge >= 0.3 is 0 Å². The van der Waals surface area contributed by atoms with Gasteiger partial charge in [0.2, 0.25) is 5.91 Å².